The topological polar surface area (TPSA) is 156 Å². The number of nitrogen functional groups attached to an aromatic ring is 1. The third kappa shape index (κ3) is 6.00. The van der Waals surface area contributed by atoms with Gasteiger partial charge in [0, 0.05) is 5.92 Å². The number of rotatable bonds is 4. The van der Waals surface area contributed by atoms with Crippen molar-refractivity contribution in [3.05, 3.63) is 22.1 Å². The Morgan fingerprint density at radius 2 is 1.61 bits per heavy atom. The average Bonchev–Trinajstić information content (AvgIpc) is 3.08. The van der Waals surface area contributed by atoms with Crippen molar-refractivity contribution in [2.24, 2.45) is 5.92 Å². The summed E-state index contributed by atoms with van der Waals surface area (Å²) < 4.78 is 0. The minimum absolute atomic E-state index is 0.115. The smallest absolute Gasteiger partial charge is 0.347 e. The first-order valence-corrected chi connectivity index (χ1v) is 7.78. The maximum Gasteiger partial charge on any atom is 0.347 e. The van der Waals surface area contributed by atoms with Gasteiger partial charge in [-0.2, -0.15) is 0 Å². The number of hydrogen-bond acceptors (Lipinski definition) is 8. The van der Waals surface area contributed by atoms with Crippen LogP contribution >= 0.6 is 22.7 Å². The lowest BCUT2D eigenvalue weighted by molar-refractivity contribution is -0.118. The lowest BCUT2D eigenvalue weighted by Crippen LogP contribution is -2.17. The van der Waals surface area contributed by atoms with Crippen molar-refractivity contribution in [1.82, 2.24) is 9.97 Å². The predicted molar refractivity (Wildman–Crippen MR) is 86.0 cm³/mol. The molecule has 2 aromatic rings. The number of carbonyl (C=O) groups excluding carboxylic acids is 1. The van der Waals surface area contributed by atoms with Crippen molar-refractivity contribution in [2.75, 3.05) is 11.1 Å². The van der Waals surface area contributed by atoms with Crippen LogP contribution in [-0.2, 0) is 4.79 Å². The van der Waals surface area contributed by atoms with Crippen molar-refractivity contribution in [2.45, 2.75) is 13.8 Å². The number of nitrogens with zero attached hydrogens (tertiary/aromatic N) is 2. The Balaban J connectivity index is 0.000000253. The van der Waals surface area contributed by atoms with Crippen LogP contribution in [0.5, 0.6) is 0 Å². The Kier molecular flexibility index (Phi) is 6.60. The number of carboxylic acid groups (broad SMARTS) is 2. The number of nitrogens with two attached hydrogens (primary N) is 1. The fourth-order valence-electron chi connectivity index (χ4n) is 1.07. The van der Waals surface area contributed by atoms with Crippen molar-refractivity contribution in [3.8, 4) is 0 Å². The van der Waals surface area contributed by atoms with E-state index in [4.69, 9.17) is 15.9 Å². The molecule has 0 radical (unpaired) electrons. The fraction of sp³-hybridized carbons (Fsp3) is 0.250. The molecule has 0 unspecified atom stereocenters. The third-order valence-corrected chi connectivity index (χ3v) is 3.92. The van der Waals surface area contributed by atoms with E-state index in [1.54, 1.807) is 13.8 Å². The Labute approximate surface area is 138 Å². The molecule has 0 spiro atoms. The maximum atomic E-state index is 11.2. The van der Waals surface area contributed by atoms with Crippen LogP contribution in [0, 0.1) is 5.92 Å². The second-order valence-corrected chi connectivity index (χ2v) is 6.44. The Hall–Kier alpha value is -2.53. The van der Waals surface area contributed by atoms with Gasteiger partial charge in [-0.05, 0) is 0 Å². The Bertz CT molecular complexity index is 710. The number of aromatic nitrogens is 2. The van der Waals surface area contributed by atoms with Crippen LogP contribution < -0.4 is 11.1 Å². The molecule has 5 N–H and O–H groups in total. The molecule has 0 bridgehead atoms. The summed E-state index contributed by atoms with van der Waals surface area (Å²) in [4.78, 5) is 39.4. The van der Waals surface area contributed by atoms with Gasteiger partial charge in [-0.15, -0.1) is 0 Å². The van der Waals surface area contributed by atoms with Gasteiger partial charge in [0.1, 0.15) is 9.75 Å². The molecule has 11 heteroatoms. The molecule has 23 heavy (non-hydrogen) atoms. The third-order valence-electron chi connectivity index (χ3n) is 2.21. The van der Waals surface area contributed by atoms with E-state index in [2.05, 4.69) is 15.3 Å². The van der Waals surface area contributed by atoms with E-state index in [1.165, 1.54) is 12.4 Å². The molecule has 1 amide bonds. The molecule has 0 aliphatic rings. The van der Waals surface area contributed by atoms with Gasteiger partial charge in [0.05, 0.1) is 12.4 Å². The molecule has 0 aliphatic carbocycles. The quantitative estimate of drug-likeness (QED) is 0.645. The highest BCUT2D eigenvalue weighted by molar-refractivity contribution is 7.17. The van der Waals surface area contributed by atoms with E-state index >= 15 is 0 Å². The molecule has 0 atom stereocenters. The average molecular weight is 358 g/mol. The minimum Gasteiger partial charge on any atom is -0.477 e. The second kappa shape index (κ2) is 8.19. The molecule has 2 heterocycles. The SMILES string of the molecule is CC(C)C(=O)Nc1ncc(C(=O)O)s1.Nc1ncc(C(=O)O)s1. The van der Waals surface area contributed by atoms with Crippen molar-refractivity contribution < 1.29 is 24.6 Å². The van der Waals surface area contributed by atoms with Gasteiger partial charge in [-0.25, -0.2) is 19.6 Å². The normalized spacial score (nSPS) is 9.87. The van der Waals surface area contributed by atoms with Gasteiger partial charge < -0.3 is 21.3 Å². The summed E-state index contributed by atoms with van der Waals surface area (Å²) >= 11 is 1.91. The van der Waals surface area contributed by atoms with E-state index in [0.29, 0.717) is 5.13 Å². The number of aromatic carboxylic acids is 2. The van der Waals surface area contributed by atoms with Crippen LogP contribution in [0.4, 0.5) is 10.3 Å². The minimum atomic E-state index is -1.03. The molecule has 0 fully saturated rings. The van der Waals surface area contributed by atoms with Gasteiger partial charge in [-0.3, -0.25) is 4.79 Å². The van der Waals surface area contributed by atoms with Gasteiger partial charge in [0.2, 0.25) is 5.91 Å². The Morgan fingerprint density at radius 1 is 1.09 bits per heavy atom. The predicted octanol–water partition coefficient (Wildman–Crippen LogP) is 1.86. The number of nitrogens with one attached hydrogen (secondary N) is 1. The number of hydrogen-bond donors (Lipinski definition) is 4. The summed E-state index contributed by atoms with van der Waals surface area (Å²) in [6.45, 7) is 3.50. The zero-order chi connectivity index (χ0) is 17.6. The fourth-order valence-corrected chi connectivity index (χ4v) is 2.25. The zero-order valence-electron chi connectivity index (χ0n) is 12.1. The van der Waals surface area contributed by atoms with Gasteiger partial charge >= 0.3 is 11.9 Å². The van der Waals surface area contributed by atoms with Crippen LogP contribution in [0.3, 0.4) is 0 Å². The van der Waals surface area contributed by atoms with Crippen LogP contribution in [0.1, 0.15) is 33.2 Å². The molecule has 0 aliphatic heterocycles. The summed E-state index contributed by atoms with van der Waals surface area (Å²) in [6, 6.07) is 0. The van der Waals surface area contributed by atoms with E-state index < -0.39 is 11.9 Å². The monoisotopic (exact) mass is 358 g/mol. The highest BCUT2D eigenvalue weighted by atomic mass is 32.1. The molecular formula is C12H14N4O5S2. The highest BCUT2D eigenvalue weighted by Gasteiger charge is 2.12. The number of anilines is 2. The summed E-state index contributed by atoms with van der Waals surface area (Å²) in [5.41, 5.74) is 5.16. The van der Waals surface area contributed by atoms with E-state index in [1.807, 2.05) is 0 Å². The molecule has 9 nitrogen and oxygen atoms in total. The van der Waals surface area contributed by atoms with E-state index in [-0.39, 0.29) is 26.7 Å². The first-order valence-electron chi connectivity index (χ1n) is 6.15. The van der Waals surface area contributed by atoms with Crippen LogP contribution in [0.2, 0.25) is 0 Å². The number of carboxylic acids is 2. The molecule has 124 valence electrons. The highest BCUT2D eigenvalue weighted by Crippen LogP contribution is 2.18. The van der Waals surface area contributed by atoms with Gasteiger partial charge in [0.15, 0.2) is 10.3 Å². The first kappa shape index (κ1) is 18.5. The van der Waals surface area contributed by atoms with E-state index in [9.17, 15) is 14.4 Å². The number of amides is 1. The molecule has 2 aromatic heterocycles. The largest absolute Gasteiger partial charge is 0.477 e. The number of thiazole rings is 2. The maximum absolute atomic E-state index is 11.2. The number of carbonyl (C=O) groups is 3. The summed E-state index contributed by atoms with van der Waals surface area (Å²) in [5.74, 6) is -2.33. The Morgan fingerprint density at radius 3 is 1.96 bits per heavy atom. The van der Waals surface area contributed by atoms with Crippen molar-refractivity contribution in [1.29, 1.82) is 0 Å². The van der Waals surface area contributed by atoms with Crippen LogP contribution in [-0.4, -0.2) is 38.0 Å². The standard InChI is InChI=1S/C8H10N2O3S.C4H4N2O2S/c1-4(2)6(11)10-8-9-3-5(14-8)7(12)13;5-4-6-1-2(9-4)3(7)8/h3-4H,1-2H3,(H,12,13)(H,9,10,11);1H,(H2,5,6)(H,7,8). The van der Waals surface area contributed by atoms with Crippen LogP contribution in [0.25, 0.3) is 0 Å². The molecular weight excluding hydrogens is 344 g/mol. The second-order valence-electron chi connectivity index (χ2n) is 4.35. The molecule has 0 saturated carbocycles. The zero-order valence-corrected chi connectivity index (χ0v) is 13.8. The van der Waals surface area contributed by atoms with Crippen molar-refractivity contribution in [3.63, 3.8) is 0 Å². The summed E-state index contributed by atoms with van der Waals surface area (Å²) in [6.07, 6.45) is 2.46. The molecule has 0 saturated heterocycles. The van der Waals surface area contributed by atoms with Crippen LogP contribution in [0.15, 0.2) is 12.4 Å². The summed E-state index contributed by atoms with van der Waals surface area (Å²) in [5, 5.41) is 20.0. The molecule has 0 aromatic carbocycles. The summed E-state index contributed by atoms with van der Waals surface area (Å²) in [7, 11) is 0. The molecule has 2 rings (SSSR count). The lowest BCUT2D eigenvalue weighted by atomic mass is 10.2. The van der Waals surface area contributed by atoms with Crippen molar-refractivity contribution >= 4 is 50.8 Å². The first-order chi connectivity index (χ1) is 10.7. The van der Waals surface area contributed by atoms with Gasteiger partial charge in [0.25, 0.3) is 0 Å². The van der Waals surface area contributed by atoms with Gasteiger partial charge in [-0.1, -0.05) is 36.5 Å². The van der Waals surface area contributed by atoms with E-state index in [0.717, 1.165) is 22.7 Å². The lowest BCUT2D eigenvalue weighted by Gasteiger charge is -2.02.